The Morgan fingerprint density at radius 3 is 2.26 bits per heavy atom. The zero-order chi connectivity index (χ0) is 16.4. The van der Waals surface area contributed by atoms with Crippen molar-refractivity contribution in [1.82, 2.24) is 4.90 Å². The number of methoxy groups -OCH3 is 1. The second-order valence-corrected chi connectivity index (χ2v) is 5.57. The largest absolute Gasteiger partial charge is 0.497 e. The Kier molecular flexibility index (Phi) is 4.12. The summed E-state index contributed by atoms with van der Waals surface area (Å²) in [6.45, 7) is 0. The fourth-order valence-electron chi connectivity index (χ4n) is 2.64. The molecule has 1 aliphatic heterocycles. The normalized spacial score (nSPS) is 17.6. The third kappa shape index (κ3) is 2.83. The number of carbonyl (C=O) groups excluding carboxylic acids is 1. The average molecular weight is 309 g/mol. The van der Waals surface area contributed by atoms with E-state index in [1.54, 1.807) is 7.11 Å². The first-order chi connectivity index (χ1) is 11.1. The number of anilines is 1. The third-order valence-electron chi connectivity index (χ3n) is 3.81. The molecule has 1 heterocycles. The molecule has 0 saturated carbocycles. The fraction of sp³-hybridized carbons (Fsp3) is 0.222. The Balaban J connectivity index is 2.02. The van der Waals surface area contributed by atoms with Crippen molar-refractivity contribution in [2.24, 2.45) is 5.10 Å². The number of ether oxygens (including phenoxy) is 1. The van der Waals surface area contributed by atoms with Gasteiger partial charge in [-0.15, -0.1) is 0 Å². The van der Waals surface area contributed by atoms with Crippen molar-refractivity contribution in [3.8, 4) is 5.75 Å². The number of amides is 1. The number of hydrogen-bond donors (Lipinski definition) is 0. The first-order valence-electron chi connectivity index (χ1n) is 7.40. The number of likely N-dealkylation sites (N-methyl/N-ethyl adjacent to an activating group) is 1. The van der Waals surface area contributed by atoms with Gasteiger partial charge in [0.1, 0.15) is 11.8 Å². The van der Waals surface area contributed by atoms with Crippen molar-refractivity contribution >= 4 is 17.3 Å². The van der Waals surface area contributed by atoms with E-state index in [0.717, 1.165) is 22.7 Å². The predicted molar refractivity (Wildman–Crippen MR) is 90.9 cm³/mol. The van der Waals surface area contributed by atoms with Crippen LogP contribution in [0.25, 0.3) is 0 Å². The van der Waals surface area contributed by atoms with E-state index in [0.29, 0.717) is 0 Å². The maximum absolute atomic E-state index is 12.8. The van der Waals surface area contributed by atoms with Gasteiger partial charge in [-0.25, -0.2) is 0 Å². The van der Waals surface area contributed by atoms with Crippen LogP contribution in [-0.2, 0) is 4.79 Å². The molecular formula is C18H19N3O2. The molecule has 5 nitrogen and oxygen atoms in total. The van der Waals surface area contributed by atoms with Gasteiger partial charge in [-0.3, -0.25) is 9.69 Å². The second kappa shape index (κ2) is 6.22. The van der Waals surface area contributed by atoms with Crippen molar-refractivity contribution in [2.45, 2.75) is 6.04 Å². The molecule has 0 aromatic heterocycles. The van der Waals surface area contributed by atoms with E-state index in [1.165, 1.54) is 5.01 Å². The van der Waals surface area contributed by atoms with E-state index in [1.807, 2.05) is 73.6 Å². The molecule has 0 fully saturated rings. The lowest BCUT2D eigenvalue weighted by Gasteiger charge is -2.20. The molecule has 118 valence electrons. The molecule has 3 rings (SSSR count). The summed E-state index contributed by atoms with van der Waals surface area (Å²) in [5, 5.41) is 6.06. The molecule has 0 bridgehead atoms. The molecule has 23 heavy (non-hydrogen) atoms. The van der Waals surface area contributed by atoms with Gasteiger partial charge >= 0.3 is 0 Å². The van der Waals surface area contributed by atoms with Gasteiger partial charge in [0.2, 0.25) is 0 Å². The molecule has 0 radical (unpaired) electrons. The minimum atomic E-state index is -0.399. The molecule has 5 heteroatoms. The highest BCUT2D eigenvalue weighted by Crippen LogP contribution is 2.25. The van der Waals surface area contributed by atoms with Gasteiger partial charge in [-0.1, -0.05) is 18.2 Å². The Morgan fingerprint density at radius 2 is 1.70 bits per heavy atom. The molecule has 2 aromatic rings. The van der Waals surface area contributed by atoms with Gasteiger partial charge in [0.25, 0.3) is 5.91 Å². The van der Waals surface area contributed by atoms with Crippen LogP contribution < -0.4 is 9.75 Å². The molecule has 0 spiro atoms. The van der Waals surface area contributed by atoms with Crippen LogP contribution in [0.3, 0.4) is 0 Å². The smallest absolute Gasteiger partial charge is 0.271 e. The lowest BCUT2D eigenvalue weighted by Crippen LogP contribution is -2.43. The number of carbonyl (C=O) groups is 1. The minimum absolute atomic E-state index is 0.0491. The van der Waals surface area contributed by atoms with Crippen LogP contribution >= 0.6 is 0 Å². The first-order valence-corrected chi connectivity index (χ1v) is 7.40. The Hall–Kier alpha value is -2.66. The van der Waals surface area contributed by atoms with Crippen molar-refractivity contribution in [3.63, 3.8) is 0 Å². The van der Waals surface area contributed by atoms with E-state index in [-0.39, 0.29) is 5.91 Å². The SMILES string of the molecule is COc1ccc(C2=NN(c3ccccc3)C(=O)C2N(C)C)cc1. The molecule has 0 saturated heterocycles. The second-order valence-electron chi connectivity index (χ2n) is 5.57. The quantitative estimate of drug-likeness (QED) is 0.871. The number of rotatable bonds is 4. The number of benzene rings is 2. The summed E-state index contributed by atoms with van der Waals surface area (Å²) in [6.07, 6.45) is 0. The Bertz CT molecular complexity index is 724. The van der Waals surface area contributed by atoms with Crippen molar-refractivity contribution in [2.75, 3.05) is 26.2 Å². The van der Waals surface area contributed by atoms with Gasteiger partial charge in [0.05, 0.1) is 18.5 Å². The van der Waals surface area contributed by atoms with Crippen LogP contribution in [0.15, 0.2) is 59.7 Å². The van der Waals surface area contributed by atoms with Crippen LogP contribution in [0.4, 0.5) is 5.69 Å². The van der Waals surface area contributed by atoms with E-state index in [2.05, 4.69) is 5.10 Å². The van der Waals surface area contributed by atoms with Crippen LogP contribution in [0.2, 0.25) is 0 Å². The summed E-state index contributed by atoms with van der Waals surface area (Å²) in [6, 6.07) is 16.7. The summed E-state index contributed by atoms with van der Waals surface area (Å²) in [7, 11) is 5.40. The van der Waals surface area contributed by atoms with E-state index in [9.17, 15) is 4.79 Å². The molecule has 1 unspecified atom stereocenters. The molecule has 1 atom stereocenters. The maximum Gasteiger partial charge on any atom is 0.271 e. The number of hydrazone groups is 1. The molecule has 2 aromatic carbocycles. The summed E-state index contributed by atoms with van der Waals surface area (Å²) in [5.41, 5.74) is 2.43. The molecular weight excluding hydrogens is 290 g/mol. The standard InChI is InChI=1S/C18H19N3O2/c1-20(2)17-16(13-9-11-15(23-3)12-10-13)19-21(18(17)22)14-7-5-4-6-8-14/h4-12,17H,1-3H3. The molecule has 0 aliphatic carbocycles. The summed E-state index contributed by atoms with van der Waals surface area (Å²) in [4.78, 5) is 14.7. The van der Waals surface area contributed by atoms with Crippen molar-refractivity contribution < 1.29 is 9.53 Å². The molecule has 0 N–H and O–H groups in total. The highest BCUT2D eigenvalue weighted by molar-refractivity contribution is 6.24. The highest BCUT2D eigenvalue weighted by Gasteiger charge is 2.38. The minimum Gasteiger partial charge on any atom is -0.497 e. The van der Waals surface area contributed by atoms with Crippen molar-refractivity contribution in [3.05, 3.63) is 60.2 Å². The number of hydrogen-bond acceptors (Lipinski definition) is 4. The van der Waals surface area contributed by atoms with Gasteiger partial charge in [-0.2, -0.15) is 10.1 Å². The molecule has 1 aliphatic rings. The van der Waals surface area contributed by atoms with Crippen LogP contribution in [0.5, 0.6) is 5.75 Å². The monoisotopic (exact) mass is 309 g/mol. The van der Waals surface area contributed by atoms with Gasteiger partial charge < -0.3 is 4.74 Å². The van der Waals surface area contributed by atoms with E-state index < -0.39 is 6.04 Å². The first kappa shape index (κ1) is 15.2. The summed E-state index contributed by atoms with van der Waals surface area (Å²) in [5.74, 6) is 0.729. The van der Waals surface area contributed by atoms with E-state index in [4.69, 9.17) is 4.74 Å². The maximum atomic E-state index is 12.8. The zero-order valence-electron chi connectivity index (χ0n) is 13.4. The zero-order valence-corrected chi connectivity index (χ0v) is 13.4. The van der Waals surface area contributed by atoms with Crippen molar-refractivity contribution in [1.29, 1.82) is 0 Å². The number of para-hydroxylation sites is 1. The highest BCUT2D eigenvalue weighted by atomic mass is 16.5. The van der Waals surface area contributed by atoms with Gasteiger partial charge in [-0.05, 0) is 50.5 Å². The lowest BCUT2D eigenvalue weighted by atomic mass is 10.0. The topological polar surface area (TPSA) is 45.1 Å². The average Bonchev–Trinajstić information content (AvgIpc) is 2.93. The molecule has 1 amide bonds. The van der Waals surface area contributed by atoms with Gasteiger partial charge in [0.15, 0.2) is 0 Å². The predicted octanol–water partition coefficient (Wildman–Crippen LogP) is 2.38. The summed E-state index contributed by atoms with van der Waals surface area (Å²) < 4.78 is 5.19. The Labute approximate surface area is 135 Å². The van der Waals surface area contributed by atoms with E-state index >= 15 is 0 Å². The van der Waals surface area contributed by atoms with Crippen LogP contribution in [0, 0.1) is 0 Å². The Morgan fingerprint density at radius 1 is 1.04 bits per heavy atom. The fourth-order valence-corrected chi connectivity index (χ4v) is 2.64. The third-order valence-corrected chi connectivity index (χ3v) is 3.81. The lowest BCUT2D eigenvalue weighted by molar-refractivity contribution is -0.120. The van der Waals surface area contributed by atoms with Crippen LogP contribution in [-0.4, -0.2) is 43.8 Å². The number of nitrogens with zero attached hydrogens (tertiary/aromatic N) is 3. The van der Waals surface area contributed by atoms with Crippen LogP contribution in [0.1, 0.15) is 5.56 Å². The summed E-state index contributed by atoms with van der Waals surface area (Å²) >= 11 is 0. The van der Waals surface area contributed by atoms with Gasteiger partial charge in [0, 0.05) is 5.56 Å².